The summed E-state index contributed by atoms with van der Waals surface area (Å²) in [7, 11) is 0. The van der Waals surface area contributed by atoms with Gasteiger partial charge >= 0.3 is 5.97 Å². The molecule has 160 valence electrons. The van der Waals surface area contributed by atoms with Crippen LogP contribution in [0, 0.1) is 5.92 Å². The molecule has 0 aliphatic rings. The lowest BCUT2D eigenvalue weighted by Crippen LogP contribution is -2.46. The van der Waals surface area contributed by atoms with E-state index in [2.05, 4.69) is 10.6 Å². The van der Waals surface area contributed by atoms with Crippen LogP contribution in [0.2, 0.25) is 0 Å². The molecule has 0 radical (unpaired) electrons. The number of anilines is 1. The zero-order chi connectivity index (χ0) is 22.2. The highest BCUT2D eigenvalue weighted by atomic mass is 32.1. The van der Waals surface area contributed by atoms with Crippen LogP contribution in [-0.2, 0) is 16.0 Å². The number of nitrogens with one attached hydrogen (secondary N) is 2. The summed E-state index contributed by atoms with van der Waals surface area (Å²) in [6, 6.07) is 18.6. The van der Waals surface area contributed by atoms with Crippen molar-refractivity contribution in [1.29, 1.82) is 0 Å². The van der Waals surface area contributed by atoms with Gasteiger partial charge in [-0.05, 0) is 47.2 Å². The number of carbonyl (C=O) groups excluding carboxylic acids is 3. The maximum atomic E-state index is 12.7. The van der Waals surface area contributed by atoms with Gasteiger partial charge in [0.1, 0.15) is 11.8 Å². The van der Waals surface area contributed by atoms with Crippen LogP contribution >= 0.6 is 11.3 Å². The Morgan fingerprint density at radius 1 is 0.935 bits per heavy atom. The lowest BCUT2D eigenvalue weighted by molar-refractivity contribution is -0.140. The minimum atomic E-state index is -0.769. The largest absolute Gasteiger partial charge is 0.425 e. The molecule has 2 aromatic carbocycles. The van der Waals surface area contributed by atoms with Crippen LogP contribution in [0.15, 0.2) is 72.1 Å². The highest BCUT2D eigenvalue weighted by molar-refractivity contribution is 7.12. The zero-order valence-corrected chi connectivity index (χ0v) is 18.1. The Morgan fingerprint density at radius 3 is 2.26 bits per heavy atom. The third kappa shape index (κ3) is 6.52. The number of benzene rings is 2. The molecule has 0 fully saturated rings. The van der Waals surface area contributed by atoms with E-state index in [0.29, 0.717) is 16.3 Å². The van der Waals surface area contributed by atoms with Crippen molar-refractivity contribution >= 4 is 34.8 Å². The van der Waals surface area contributed by atoms with Gasteiger partial charge in [0.05, 0.1) is 11.3 Å². The van der Waals surface area contributed by atoms with E-state index in [1.54, 1.807) is 30.3 Å². The van der Waals surface area contributed by atoms with Gasteiger partial charge in [0, 0.05) is 5.69 Å². The fraction of sp³-hybridized carbons (Fsp3) is 0.208. The summed E-state index contributed by atoms with van der Waals surface area (Å²) in [6.07, 6.45) is 0.190. The zero-order valence-electron chi connectivity index (χ0n) is 17.3. The van der Waals surface area contributed by atoms with Gasteiger partial charge in [-0.15, -0.1) is 11.3 Å². The van der Waals surface area contributed by atoms with E-state index in [1.165, 1.54) is 11.3 Å². The molecule has 0 aliphatic heterocycles. The fourth-order valence-electron chi connectivity index (χ4n) is 2.89. The van der Waals surface area contributed by atoms with E-state index >= 15 is 0 Å². The second-order valence-electron chi connectivity index (χ2n) is 7.33. The number of carbonyl (C=O) groups is 3. The second kappa shape index (κ2) is 10.5. The molecule has 1 atom stereocenters. The summed E-state index contributed by atoms with van der Waals surface area (Å²) in [5, 5.41) is 7.39. The summed E-state index contributed by atoms with van der Waals surface area (Å²) in [4.78, 5) is 37.7. The van der Waals surface area contributed by atoms with Crippen molar-refractivity contribution in [3.63, 3.8) is 0 Å². The smallest absolute Gasteiger partial charge is 0.334 e. The Labute approximate surface area is 185 Å². The van der Waals surface area contributed by atoms with Crippen LogP contribution in [0.4, 0.5) is 5.69 Å². The van der Waals surface area contributed by atoms with E-state index in [9.17, 15) is 14.4 Å². The van der Waals surface area contributed by atoms with Crippen LogP contribution in [0.1, 0.15) is 29.1 Å². The first kappa shape index (κ1) is 22.2. The molecule has 0 unspecified atom stereocenters. The van der Waals surface area contributed by atoms with E-state index < -0.39 is 12.0 Å². The molecule has 0 aliphatic carbocycles. The molecule has 0 saturated carbocycles. The van der Waals surface area contributed by atoms with Gasteiger partial charge in [-0.3, -0.25) is 9.59 Å². The van der Waals surface area contributed by atoms with Gasteiger partial charge in [0.15, 0.2) is 0 Å². The lowest BCUT2D eigenvalue weighted by atomic mass is 10.0. The monoisotopic (exact) mass is 436 g/mol. The first-order valence-electron chi connectivity index (χ1n) is 9.92. The standard InChI is InChI=1S/C24H24N2O4S/c1-16(2)22(26-21(27)15-17-7-4-3-5-8-17)24(29)30-19-12-10-18(11-13-19)25-23(28)20-9-6-14-31-20/h3-14,16,22H,15H2,1-2H3,(H,25,28)(H,26,27)/t22-/m0/s1. The van der Waals surface area contributed by atoms with E-state index in [4.69, 9.17) is 4.74 Å². The van der Waals surface area contributed by atoms with Gasteiger partial charge in [0.2, 0.25) is 5.91 Å². The number of ether oxygens (including phenoxy) is 1. The van der Waals surface area contributed by atoms with E-state index in [-0.39, 0.29) is 24.2 Å². The number of rotatable bonds is 8. The summed E-state index contributed by atoms with van der Waals surface area (Å²) in [5.41, 5.74) is 1.46. The van der Waals surface area contributed by atoms with E-state index in [1.807, 2.05) is 55.6 Å². The molecule has 0 saturated heterocycles. The summed E-state index contributed by atoms with van der Waals surface area (Å²) in [6.45, 7) is 3.69. The molecule has 2 amide bonds. The molecule has 6 nitrogen and oxygen atoms in total. The van der Waals surface area contributed by atoms with Crippen molar-refractivity contribution in [2.45, 2.75) is 26.3 Å². The fourth-order valence-corrected chi connectivity index (χ4v) is 3.51. The molecular weight excluding hydrogens is 412 g/mol. The molecule has 31 heavy (non-hydrogen) atoms. The number of thiophene rings is 1. The van der Waals surface area contributed by atoms with Crippen molar-refractivity contribution in [2.75, 3.05) is 5.32 Å². The lowest BCUT2D eigenvalue weighted by Gasteiger charge is -2.21. The molecule has 7 heteroatoms. The third-order valence-electron chi connectivity index (χ3n) is 4.52. The first-order chi connectivity index (χ1) is 14.9. The SMILES string of the molecule is CC(C)[C@H](NC(=O)Cc1ccccc1)C(=O)Oc1ccc(NC(=O)c2cccs2)cc1. The Kier molecular flexibility index (Phi) is 7.56. The maximum absolute atomic E-state index is 12.7. The summed E-state index contributed by atoms with van der Waals surface area (Å²) >= 11 is 1.36. The quantitative estimate of drug-likeness (QED) is 0.408. The third-order valence-corrected chi connectivity index (χ3v) is 5.39. The van der Waals surface area contributed by atoms with Gasteiger partial charge < -0.3 is 15.4 Å². The van der Waals surface area contributed by atoms with Crippen molar-refractivity contribution in [3.05, 3.63) is 82.6 Å². The van der Waals surface area contributed by atoms with Crippen LogP contribution in [0.5, 0.6) is 5.75 Å². The van der Waals surface area contributed by atoms with Crippen molar-refractivity contribution in [1.82, 2.24) is 5.32 Å². The van der Waals surface area contributed by atoms with E-state index in [0.717, 1.165) is 5.56 Å². The predicted molar refractivity (Wildman–Crippen MR) is 121 cm³/mol. The molecule has 0 spiro atoms. The van der Waals surface area contributed by atoms with Crippen molar-refractivity contribution in [2.24, 2.45) is 5.92 Å². The number of hydrogen-bond acceptors (Lipinski definition) is 5. The van der Waals surface area contributed by atoms with Gasteiger partial charge in [-0.1, -0.05) is 50.2 Å². The van der Waals surface area contributed by atoms with Crippen LogP contribution < -0.4 is 15.4 Å². The molecule has 1 heterocycles. The van der Waals surface area contributed by atoms with Crippen LogP contribution in [-0.4, -0.2) is 23.8 Å². The van der Waals surface area contributed by atoms with Gasteiger partial charge in [0.25, 0.3) is 5.91 Å². The Bertz CT molecular complexity index is 1020. The Balaban J connectivity index is 1.57. The predicted octanol–water partition coefficient (Wildman–Crippen LogP) is 4.29. The van der Waals surface area contributed by atoms with Gasteiger partial charge in [-0.2, -0.15) is 0 Å². The number of hydrogen-bond donors (Lipinski definition) is 2. The average molecular weight is 437 g/mol. The topological polar surface area (TPSA) is 84.5 Å². The normalized spacial score (nSPS) is 11.6. The first-order valence-corrected chi connectivity index (χ1v) is 10.8. The molecule has 1 aromatic heterocycles. The average Bonchev–Trinajstić information content (AvgIpc) is 3.29. The molecule has 0 bridgehead atoms. The second-order valence-corrected chi connectivity index (χ2v) is 8.28. The van der Waals surface area contributed by atoms with Gasteiger partial charge in [-0.25, -0.2) is 4.79 Å². The Morgan fingerprint density at radius 2 is 1.65 bits per heavy atom. The van der Waals surface area contributed by atoms with Crippen molar-refractivity contribution < 1.29 is 19.1 Å². The minimum Gasteiger partial charge on any atom is -0.425 e. The summed E-state index contributed by atoms with van der Waals surface area (Å²) in [5.74, 6) is -0.778. The van der Waals surface area contributed by atoms with Crippen LogP contribution in [0.25, 0.3) is 0 Å². The summed E-state index contributed by atoms with van der Waals surface area (Å²) < 4.78 is 5.46. The van der Waals surface area contributed by atoms with Crippen LogP contribution in [0.3, 0.4) is 0 Å². The maximum Gasteiger partial charge on any atom is 0.334 e. The van der Waals surface area contributed by atoms with Crippen molar-refractivity contribution in [3.8, 4) is 5.75 Å². The highest BCUT2D eigenvalue weighted by Crippen LogP contribution is 2.19. The minimum absolute atomic E-state index is 0.142. The molecule has 3 aromatic rings. The highest BCUT2D eigenvalue weighted by Gasteiger charge is 2.26. The molecule has 3 rings (SSSR count). The Hall–Kier alpha value is -3.45. The molecular formula is C24H24N2O4S. The number of amides is 2. The molecule has 2 N–H and O–H groups in total. The number of esters is 1.